The fourth-order valence-electron chi connectivity index (χ4n) is 2.60. The molecule has 0 radical (unpaired) electrons. The Kier molecular flexibility index (Phi) is 4.86. The SMILES string of the molecule is COc1cc(C(C)NC(C)c2ccccc2C)ccc1O. The number of ether oxygens (including phenoxy) is 1. The molecule has 21 heavy (non-hydrogen) atoms. The lowest BCUT2D eigenvalue weighted by atomic mass is 10.0. The van der Waals surface area contributed by atoms with Gasteiger partial charge in [-0.05, 0) is 49.6 Å². The Morgan fingerprint density at radius 2 is 1.76 bits per heavy atom. The number of rotatable bonds is 5. The maximum atomic E-state index is 9.67. The van der Waals surface area contributed by atoms with Gasteiger partial charge < -0.3 is 15.2 Å². The Morgan fingerprint density at radius 1 is 1.05 bits per heavy atom. The Labute approximate surface area is 126 Å². The summed E-state index contributed by atoms with van der Waals surface area (Å²) in [6.07, 6.45) is 0. The van der Waals surface area contributed by atoms with E-state index in [0.29, 0.717) is 5.75 Å². The molecule has 2 N–H and O–H groups in total. The second-order valence-corrected chi connectivity index (χ2v) is 5.40. The Balaban J connectivity index is 2.14. The smallest absolute Gasteiger partial charge is 0.160 e. The van der Waals surface area contributed by atoms with Crippen molar-refractivity contribution in [3.05, 3.63) is 59.2 Å². The standard InChI is InChI=1S/C18H23NO2/c1-12-7-5-6-8-16(12)14(3)19-13(2)15-9-10-17(20)18(11-15)21-4/h5-11,13-14,19-20H,1-4H3. The summed E-state index contributed by atoms with van der Waals surface area (Å²) in [5.74, 6) is 0.671. The number of hydrogen-bond acceptors (Lipinski definition) is 3. The van der Waals surface area contributed by atoms with E-state index in [1.54, 1.807) is 13.2 Å². The zero-order chi connectivity index (χ0) is 15.4. The first-order valence-electron chi connectivity index (χ1n) is 7.21. The third-order valence-electron chi connectivity index (χ3n) is 3.86. The largest absolute Gasteiger partial charge is 0.504 e. The van der Waals surface area contributed by atoms with Gasteiger partial charge >= 0.3 is 0 Å². The van der Waals surface area contributed by atoms with Crippen LogP contribution in [-0.2, 0) is 0 Å². The maximum Gasteiger partial charge on any atom is 0.160 e. The number of aryl methyl sites for hydroxylation is 1. The van der Waals surface area contributed by atoms with E-state index in [-0.39, 0.29) is 17.8 Å². The molecule has 0 aliphatic heterocycles. The van der Waals surface area contributed by atoms with E-state index >= 15 is 0 Å². The summed E-state index contributed by atoms with van der Waals surface area (Å²) in [6.45, 7) is 6.40. The maximum absolute atomic E-state index is 9.67. The molecule has 2 unspecified atom stereocenters. The Morgan fingerprint density at radius 3 is 2.43 bits per heavy atom. The average Bonchev–Trinajstić information content (AvgIpc) is 2.48. The molecule has 0 amide bonds. The van der Waals surface area contributed by atoms with E-state index in [0.717, 1.165) is 5.56 Å². The molecule has 2 aromatic rings. The van der Waals surface area contributed by atoms with Crippen molar-refractivity contribution < 1.29 is 9.84 Å². The van der Waals surface area contributed by atoms with E-state index < -0.39 is 0 Å². The molecule has 112 valence electrons. The number of phenolic OH excluding ortho intramolecular Hbond substituents is 1. The van der Waals surface area contributed by atoms with Crippen molar-refractivity contribution in [2.45, 2.75) is 32.9 Å². The van der Waals surface area contributed by atoms with Gasteiger partial charge in [-0.2, -0.15) is 0 Å². The van der Waals surface area contributed by atoms with E-state index in [4.69, 9.17) is 4.74 Å². The Bertz CT molecular complexity index is 610. The van der Waals surface area contributed by atoms with Crippen LogP contribution in [0.3, 0.4) is 0 Å². The van der Waals surface area contributed by atoms with Crippen LogP contribution in [0.25, 0.3) is 0 Å². The molecular weight excluding hydrogens is 262 g/mol. The number of nitrogens with one attached hydrogen (secondary N) is 1. The van der Waals surface area contributed by atoms with Crippen LogP contribution in [0.4, 0.5) is 0 Å². The number of aromatic hydroxyl groups is 1. The lowest BCUT2D eigenvalue weighted by Crippen LogP contribution is -2.23. The van der Waals surface area contributed by atoms with Crippen LogP contribution in [0.15, 0.2) is 42.5 Å². The lowest BCUT2D eigenvalue weighted by Gasteiger charge is -2.22. The molecule has 3 heteroatoms. The molecular formula is C18H23NO2. The summed E-state index contributed by atoms with van der Waals surface area (Å²) >= 11 is 0. The summed E-state index contributed by atoms with van der Waals surface area (Å²) in [7, 11) is 1.56. The van der Waals surface area contributed by atoms with Crippen LogP contribution in [0.5, 0.6) is 11.5 Å². The number of phenols is 1. The van der Waals surface area contributed by atoms with Gasteiger partial charge in [-0.15, -0.1) is 0 Å². The molecule has 0 heterocycles. The molecule has 0 bridgehead atoms. The van der Waals surface area contributed by atoms with Gasteiger partial charge in [-0.3, -0.25) is 0 Å². The third-order valence-corrected chi connectivity index (χ3v) is 3.86. The highest BCUT2D eigenvalue weighted by Crippen LogP contribution is 2.30. The fraction of sp³-hybridized carbons (Fsp3) is 0.333. The minimum absolute atomic E-state index is 0.161. The van der Waals surface area contributed by atoms with Gasteiger partial charge in [0, 0.05) is 12.1 Å². The molecule has 2 atom stereocenters. The minimum Gasteiger partial charge on any atom is -0.504 e. The quantitative estimate of drug-likeness (QED) is 0.868. The summed E-state index contributed by atoms with van der Waals surface area (Å²) in [4.78, 5) is 0. The van der Waals surface area contributed by atoms with Gasteiger partial charge in [0.05, 0.1) is 7.11 Å². The number of hydrogen-bond donors (Lipinski definition) is 2. The van der Waals surface area contributed by atoms with Gasteiger partial charge in [0.1, 0.15) is 0 Å². The van der Waals surface area contributed by atoms with Gasteiger partial charge in [0.25, 0.3) is 0 Å². The monoisotopic (exact) mass is 285 g/mol. The van der Waals surface area contributed by atoms with E-state index in [1.165, 1.54) is 11.1 Å². The zero-order valence-corrected chi connectivity index (χ0v) is 13.1. The van der Waals surface area contributed by atoms with E-state index in [1.807, 2.05) is 12.1 Å². The van der Waals surface area contributed by atoms with Gasteiger partial charge in [-0.1, -0.05) is 30.3 Å². The second-order valence-electron chi connectivity index (χ2n) is 5.40. The number of benzene rings is 2. The van der Waals surface area contributed by atoms with Crippen molar-refractivity contribution in [2.75, 3.05) is 7.11 Å². The van der Waals surface area contributed by atoms with Crippen LogP contribution in [0, 0.1) is 6.92 Å². The molecule has 0 fully saturated rings. The Hall–Kier alpha value is -2.00. The summed E-state index contributed by atoms with van der Waals surface area (Å²) in [5.41, 5.74) is 3.67. The van der Waals surface area contributed by atoms with Crippen molar-refractivity contribution in [3.8, 4) is 11.5 Å². The van der Waals surface area contributed by atoms with Crippen molar-refractivity contribution in [1.29, 1.82) is 0 Å². The van der Waals surface area contributed by atoms with Crippen LogP contribution in [0.1, 0.15) is 42.6 Å². The molecule has 0 saturated carbocycles. The second kappa shape index (κ2) is 6.64. The van der Waals surface area contributed by atoms with Gasteiger partial charge in [-0.25, -0.2) is 0 Å². The summed E-state index contributed by atoms with van der Waals surface area (Å²) in [6, 6.07) is 14.3. The molecule has 0 saturated heterocycles. The van der Waals surface area contributed by atoms with Crippen molar-refractivity contribution >= 4 is 0 Å². The molecule has 2 aromatic carbocycles. The third kappa shape index (κ3) is 3.56. The normalized spacial score (nSPS) is 13.7. The van der Waals surface area contributed by atoms with Crippen molar-refractivity contribution in [2.24, 2.45) is 0 Å². The summed E-state index contributed by atoms with van der Waals surface area (Å²) in [5, 5.41) is 13.3. The first kappa shape index (κ1) is 15.4. The molecule has 0 spiro atoms. The molecule has 0 aliphatic carbocycles. The first-order chi connectivity index (χ1) is 10.0. The molecule has 3 nitrogen and oxygen atoms in total. The zero-order valence-electron chi connectivity index (χ0n) is 13.1. The predicted octanol–water partition coefficient (Wildman–Crippen LogP) is 4.12. The number of methoxy groups -OCH3 is 1. The van der Waals surface area contributed by atoms with E-state index in [9.17, 15) is 5.11 Å². The van der Waals surface area contributed by atoms with E-state index in [2.05, 4.69) is 50.4 Å². The van der Waals surface area contributed by atoms with Crippen LogP contribution in [0.2, 0.25) is 0 Å². The predicted molar refractivity (Wildman–Crippen MR) is 85.8 cm³/mol. The van der Waals surface area contributed by atoms with Crippen LogP contribution in [-0.4, -0.2) is 12.2 Å². The highest BCUT2D eigenvalue weighted by Gasteiger charge is 2.14. The topological polar surface area (TPSA) is 41.5 Å². The van der Waals surface area contributed by atoms with Crippen molar-refractivity contribution in [1.82, 2.24) is 5.32 Å². The molecule has 0 aliphatic rings. The molecule has 2 rings (SSSR count). The lowest BCUT2D eigenvalue weighted by molar-refractivity contribution is 0.371. The van der Waals surface area contributed by atoms with Crippen molar-refractivity contribution in [3.63, 3.8) is 0 Å². The van der Waals surface area contributed by atoms with Crippen LogP contribution >= 0.6 is 0 Å². The summed E-state index contributed by atoms with van der Waals surface area (Å²) < 4.78 is 5.17. The van der Waals surface area contributed by atoms with Gasteiger partial charge in [0.2, 0.25) is 0 Å². The van der Waals surface area contributed by atoms with Crippen LogP contribution < -0.4 is 10.1 Å². The fourth-order valence-corrected chi connectivity index (χ4v) is 2.60. The first-order valence-corrected chi connectivity index (χ1v) is 7.21. The average molecular weight is 285 g/mol. The highest BCUT2D eigenvalue weighted by atomic mass is 16.5. The minimum atomic E-state index is 0.161. The molecule has 0 aromatic heterocycles. The highest BCUT2D eigenvalue weighted by molar-refractivity contribution is 5.42. The van der Waals surface area contributed by atoms with Gasteiger partial charge in [0.15, 0.2) is 11.5 Å².